The third-order valence-corrected chi connectivity index (χ3v) is 13.8. The highest BCUT2D eigenvalue weighted by molar-refractivity contribution is 8.00. The Kier molecular flexibility index (Phi) is 10.8. The zero-order valence-electron chi connectivity index (χ0n) is 25.9. The number of carbonyl (C=O) groups is 2. The van der Waals surface area contributed by atoms with E-state index in [2.05, 4.69) is 61.8 Å². The Hall–Kier alpha value is -1.61. The van der Waals surface area contributed by atoms with E-state index in [4.69, 9.17) is 29.9 Å². The summed E-state index contributed by atoms with van der Waals surface area (Å²) in [5, 5.41) is 3.77. The van der Waals surface area contributed by atoms with Crippen LogP contribution in [0.3, 0.4) is 0 Å². The minimum Gasteiger partial charge on any atom is -0.380 e. The molecule has 1 amide bonds. The molecule has 0 spiro atoms. The van der Waals surface area contributed by atoms with E-state index in [1.54, 1.807) is 13.8 Å². The highest BCUT2D eigenvalue weighted by Gasteiger charge is 2.57. The van der Waals surface area contributed by atoms with Gasteiger partial charge in [-0.2, -0.15) is 21.7 Å². The average molecular weight is 642 g/mol. The largest absolute Gasteiger partial charge is 0.380 e. The lowest BCUT2D eigenvalue weighted by Crippen LogP contribution is -2.57. The van der Waals surface area contributed by atoms with Crippen molar-refractivity contribution in [3.8, 4) is 0 Å². The van der Waals surface area contributed by atoms with E-state index in [-0.39, 0.29) is 52.0 Å². The van der Waals surface area contributed by atoms with Gasteiger partial charge in [0.05, 0.1) is 12.9 Å². The summed E-state index contributed by atoms with van der Waals surface area (Å²) in [4.78, 5) is 39.3. The molecule has 2 aliphatic rings. The average Bonchev–Trinajstić information content (AvgIpc) is 3.44. The van der Waals surface area contributed by atoms with Crippen LogP contribution in [-0.4, -0.2) is 75.4 Å². The van der Waals surface area contributed by atoms with Crippen LogP contribution in [0.2, 0.25) is 16.2 Å². The summed E-state index contributed by atoms with van der Waals surface area (Å²) in [6, 6.07) is 0. The topological polar surface area (TPSA) is 127 Å². The third-order valence-electron chi connectivity index (χ3n) is 7.71. The Balaban J connectivity index is 1.64. The van der Waals surface area contributed by atoms with Crippen LogP contribution in [0.15, 0.2) is 6.33 Å². The molecular weight excluding hydrogens is 598 g/mol. The fourth-order valence-corrected chi connectivity index (χ4v) is 10.9. The number of fused-ring (bicyclic) bond motifs is 2. The molecule has 2 fully saturated rings. The van der Waals surface area contributed by atoms with Gasteiger partial charge in [-0.25, -0.2) is 4.98 Å². The summed E-state index contributed by atoms with van der Waals surface area (Å²) in [6.45, 7) is 18.6. The molecule has 14 heteroatoms. The minimum atomic E-state index is -3.01. The van der Waals surface area contributed by atoms with Gasteiger partial charge < -0.3 is 18.3 Å². The molecule has 0 radical (unpaired) electrons. The molecule has 2 saturated heterocycles. The highest BCUT2D eigenvalue weighted by atomic mass is 35.5. The number of Topliss-reactive ketones (excluding diaryl/α,β-unsaturated/α-hetero) is 1. The van der Waals surface area contributed by atoms with Crippen molar-refractivity contribution < 1.29 is 27.9 Å². The molecule has 2 aliphatic heterocycles. The number of ether oxygens (including phenoxy) is 2. The van der Waals surface area contributed by atoms with Crippen molar-refractivity contribution in [3.63, 3.8) is 0 Å². The number of halogens is 1. The Labute approximate surface area is 258 Å². The number of hydrogen-bond donors (Lipinski definition) is 1. The highest BCUT2D eigenvalue weighted by Crippen LogP contribution is 2.44. The number of anilines is 1. The lowest BCUT2D eigenvalue weighted by atomic mass is 10.1. The van der Waals surface area contributed by atoms with Crippen LogP contribution in [0.1, 0.15) is 81.4 Å². The summed E-state index contributed by atoms with van der Waals surface area (Å²) in [6.07, 6.45) is 0.290. The van der Waals surface area contributed by atoms with E-state index in [0.717, 1.165) is 12.8 Å². The number of nitrogens with one attached hydrogen (secondary N) is 1. The number of imidazole rings is 1. The van der Waals surface area contributed by atoms with Crippen molar-refractivity contribution in [3.05, 3.63) is 11.5 Å². The minimum absolute atomic E-state index is 0.0242. The predicted molar refractivity (Wildman–Crippen MR) is 166 cm³/mol. The van der Waals surface area contributed by atoms with Crippen LogP contribution in [0.4, 0.5) is 5.95 Å². The molecule has 0 saturated carbocycles. The zero-order valence-corrected chi connectivity index (χ0v) is 28.5. The summed E-state index contributed by atoms with van der Waals surface area (Å²) >= 11 is 8.35. The lowest BCUT2D eigenvalue weighted by Gasteiger charge is -2.44. The first-order valence-corrected chi connectivity index (χ1v) is 18.0. The van der Waals surface area contributed by atoms with Crippen LogP contribution in [0, 0.1) is 5.92 Å². The molecule has 4 rings (SSSR count). The summed E-state index contributed by atoms with van der Waals surface area (Å²) < 4.78 is 27.4. The fourth-order valence-electron chi connectivity index (χ4n) is 5.50. The monoisotopic (exact) mass is 641 g/mol. The molecule has 234 valence electrons. The summed E-state index contributed by atoms with van der Waals surface area (Å²) in [7, 11) is -3.01. The van der Waals surface area contributed by atoms with Gasteiger partial charge in [0.1, 0.15) is 24.0 Å². The van der Waals surface area contributed by atoms with E-state index in [1.165, 1.54) is 10.9 Å². The number of amides is 1. The molecule has 4 heterocycles. The van der Waals surface area contributed by atoms with Crippen LogP contribution < -0.4 is 5.32 Å². The molecule has 2 aromatic heterocycles. The second-order valence-corrected chi connectivity index (χ2v) is 18.6. The lowest BCUT2D eigenvalue weighted by molar-refractivity contribution is -0.157. The molecule has 11 nitrogen and oxygen atoms in total. The number of hydrogen-bond acceptors (Lipinski definition) is 10. The molecule has 0 aromatic carbocycles. The first-order chi connectivity index (χ1) is 19.7. The van der Waals surface area contributed by atoms with E-state index in [1.807, 2.05) is 18.7 Å². The number of rotatable bonds is 10. The maximum atomic E-state index is 14.0. The Morgan fingerprint density at radius 3 is 2.50 bits per heavy atom. The van der Waals surface area contributed by atoms with E-state index >= 15 is 0 Å². The SMILES string of the molecule is CC(C)SC(C)CCC(C)[Si]1(C(C)C)O[C@H](C)OC[C@H]2O[C@@H](n3cnc4c(Cl)nc(NC(=O)C(C)C)nc43)C(=O)[C@@H]2O1. The van der Waals surface area contributed by atoms with E-state index in [9.17, 15) is 9.59 Å². The standard InChI is InChI=1S/C28H44ClN5O6SSi/c1-14(2)26(36)33-28-31-24(29)21-25(32-28)34(13-30-21)27-22(35)23-20(38-27)12-37-19(9)39-42(40-23,16(5)6)18(8)11-10-17(7)41-15(3)4/h13-20,23,27H,10-12H2,1-9H3,(H,31,32,33,36)/t17?,18?,19-,20-,23-,27-,42?/m1/s1. The maximum Gasteiger partial charge on any atom is 0.346 e. The molecule has 42 heavy (non-hydrogen) atoms. The summed E-state index contributed by atoms with van der Waals surface area (Å²) in [5.74, 6) is -0.784. The predicted octanol–water partition coefficient (Wildman–Crippen LogP) is 5.87. The second kappa shape index (κ2) is 13.6. The Morgan fingerprint density at radius 1 is 1.14 bits per heavy atom. The number of carbonyl (C=O) groups excluding carboxylic acids is 2. The number of aromatic nitrogens is 4. The van der Waals surface area contributed by atoms with Gasteiger partial charge in [0.15, 0.2) is 17.0 Å². The van der Waals surface area contributed by atoms with Gasteiger partial charge in [-0.15, -0.1) is 0 Å². The summed E-state index contributed by atoms with van der Waals surface area (Å²) in [5.41, 5.74) is 0.730. The van der Waals surface area contributed by atoms with Crippen molar-refractivity contribution in [2.75, 3.05) is 11.9 Å². The van der Waals surface area contributed by atoms with Crippen LogP contribution in [0.5, 0.6) is 0 Å². The smallest absolute Gasteiger partial charge is 0.346 e. The maximum absolute atomic E-state index is 14.0. The van der Waals surface area contributed by atoms with Gasteiger partial charge in [-0.05, 0) is 30.6 Å². The molecule has 1 N–H and O–H groups in total. The van der Waals surface area contributed by atoms with Crippen molar-refractivity contribution in [2.45, 2.75) is 121 Å². The van der Waals surface area contributed by atoms with E-state index < -0.39 is 33.3 Å². The molecule has 2 aromatic rings. The number of ketones is 1. The quantitative estimate of drug-likeness (QED) is 0.248. The normalized spacial score (nSPS) is 28.3. The number of nitrogens with zero attached hydrogens (tertiary/aromatic N) is 4. The Bertz CT molecular complexity index is 1280. The third kappa shape index (κ3) is 7.03. The Morgan fingerprint density at radius 2 is 1.86 bits per heavy atom. The van der Waals surface area contributed by atoms with Crippen molar-refractivity contribution in [1.29, 1.82) is 0 Å². The first-order valence-electron chi connectivity index (χ1n) is 14.8. The van der Waals surface area contributed by atoms with Gasteiger partial charge in [0, 0.05) is 16.7 Å². The van der Waals surface area contributed by atoms with Crippen LogP contribution >= 0.6 is 23.4 Å². The van der Waals surface area contributed by atoms with Crippen LogP contribution in [0.25, 0.3) is 11.2 Å². The fraction of sp³-hybridized carbons (Fsp3) is 0.750. The first kappa shape index (κ1) is 33.3. The van der Waals surface area contributed by atoms with Crippen molar-refractivity contribution in [1.82, 2.24) is 19.5 Å². The number of thioether (sulfide) groups is 1. The van der Waals surface area contributed by atoms with Gasteiger partial charge in [-0.3, -0.25) is 19.5 Å². The van der Waals surface area contributed by atoms with Crippen LogP contribution in [-0.2, 0) is 27.9 Å². The molecule has 7 atom stereocenters. The molecule has 0 aliphatic carbocycles. The van der Waals surface area contributed by atoms with Crippen molar-refractivity contribution >= 4 is 60.7 Å². The second-order valence-electron chi connectivity index (χ2n) is 12.1. The van der Waals surface area contributed by atoms with Gasteiger partial charge in [0.25, 0.3) is 0 Å². The zero-order chi connectivity index (χ0) is 30.9. The molecule has 3 unspecified atom stereocenters. The van der Waals surface area contributed by atoms with Crippen molar-refractivity contribution in [2.24, 2.45) is 5.92 Å². The van der Waals surface area contributed by atoms with E-state index in [0.29, 0.717) is 16.0 Å². The molecule has 0 bridgehead atoms. The molecular formula is C28H44ClN5O6SSi. The van der Waals surface area contributed by atoms with Gasteiger partial charge in [-0.1, -0.05) is 67.0 Å². The van der Waals surface area contributed by atoms with Gasteiger partial charge >= 0.3 is 8.56 Å². The van der Waals surface area contributed by atoms with Gasteiger partial charge in [0.2, 0.25) is 17.6 Å².